The Morgan fingerprint density at radius 1 is 1.53 bits per heavy atom. The van der Waals surface area contributed by atoms with Gasteiger partial charge in [-0.25, -0.2) is 4.98 Å². The van der Waals surface area contributed by atoms with Gasteiger partial charge >= 0.3 is 5.69 Å². The maximum atomic E-state index is 10.9. The van der Waals surface area contributed by atoms with Crippen LogP contribution in [0, 0.1) is 17.0 Å². The molecule has 0 atom stereocenters. The fraction of sp³-hybridized carbons (Fsp3) is 0.556. The third-order valence-corrected chi connectivity index (χ3v) is 2.77. The highest BCUT2D eigenvalue weighted by molar-refractivity contribution is 7.98. The number of nitrogens with two attached hydrogens (primary N) is 1. The van der Waals surface area contributed by atoms with Crippen LogP contribution in [0.25, 0.3) is 0 Å². The van der Waals surface area contributed by atoms with Crippen LogP contribution in [0.3, 0.4) is 0 Å². The Morgan fingerprint density at radius 2 is 2.24 bits per heavy atom. The maximum Gasteiger partial charge on any atom is 0.332 e. The van der Waals surface area contributed by atoms with Crippen molar-refractivity contribution in [3.63, 3.8) is 0 Å². The molecule has 0 saturated carbocycles. The van der Waals surface area contributed by atoms with Gasteiger partial charge in [-0.05, 0) is 25.4 Å². The van der Waals surface area contributed by atoms with Crippen LogP contribution in [-0.4, -0.2) is 33.4 Å². The monoisotopic (exact) mass is 257 g/mol. The van der Waals surface area contributed by atoms with E-state index in [-0.39, 0.29) is 23.1 Å². The number of thioether (sulfide) groups is 1. The lowest BCUT2D eigenvalue weighted by atomic mass is 10.3. The topological polar surface area (TPSA) is 107 Å². The molecule has 0 aromatic carbocycles. The van der Waals surface area contributed by atoms with E-state index in [1.165, 1.54) is 0 Å². The first-order valence-electron chi connectivity index (χ1n) is 5.07. The van der Waals surface area contributed by atoms with E-state index in [0.717, 1.165) is 12.2 Å². The van der Waals surface area contributed by atoms with Crippen LogP contribution in [0.4, 0.5) is 17.5 Å². The van der Waals surface area contributed by atoms with E-state index in [9.17, 15) is 10.1 Å². The molecular formula is C9H15N5O2S. The minimum absolute atomic E-state index is 0.0421. The van der Waals surface area contributed by atoms with Gasteiger partial charge in [0.15, 0.2) is 0 Å². The van der Waals surface area contributed by atoms with E-state index in [2.05, 4.69) is 15.3 Å². The summed E-state index contributed by atoms with van der Waals surface area (Å²) in [4.78, 5) is 18.0. The third-order valence-electron chi connectivity index (χ3n) is 2.08. The number of nitrogens with one attached hydrogen (secondary N) is 1. The number of aryl methyl sites for hydroxylation is 1. The van der Waals surface area contributed by atoms with Gasteiger partial charge in [0, 0.05) is 6.54 Å². The second-order valence-corrected chi connectivity index (χ2v) is 4.38. The van der Waals surface area contributed by atoms with Gasteiger partial charge in [-0.2, -0.15) is 16.7 Å². The molecule has 7 nitrogen and oxygen atoms in total. The fourth-order valence-electron chi connectivity index (χ4n) is 1.35. The number of nitrogen functional groups attached to an aromatic ring is 1. The molecule has 0 saturated heterocycles. The summed E-state index contributed by atoms with van der Waals surface area (Å²) in [5, 5.41) is 13.8. The normalized spacial score (nSPS) is 10.2. The molecule has 94 valence electrons. The molecule has 0 radical (unpaired) electrons. The summed E-state index contributed by atoms with van der Waals surface area (Å²) < 4.78 is 0. The zero-order chi connectivity index (χ0) is 12.8. The van der Waals surface area contributed by atoms with Crippen LogP contribution in [0.1, 0.15) is 12.1 Å². The molecule has 8 heteroatoms. The highest BCUT2D eigenvalue weighted by Crippen LogP contribution is 2.25. The minimum atomic E-state index is -0.494. The van der Waals surface area contributed by atoms with Crippen molar-refractivity contribution in [3.8, 4) is 0 Å². The van der Waals surface area contributed by atoms with Crippen molar-refractivity contribution >= 4 is 29.2 Å². The summed E-state index contributed by atoms with van der Waals surface area (Å²) in [5.41, 5.74) is 5.63. The maximum absolute atomic E-state index is 10.9. The molecule has 17 heavy (non-hydrogen) atoms. The predicted molar refractivity (Wildman–Crippen MR) is 69.3 cm³/mol. The zero-order valence-corrected chi connectivity index (χ0v) is 10.6. The van der Waals surface area contributed by atoms with E-state index in [1.54, 1.807) is 18.7 Å². The molecule has 1 aromatic heterocycles. The third kappa shape index (κ3) is 3.74. The number of aromatic nitrogens is 2. The van der Waals surface area contributed by atoms with Gasteiger partial charge in [0.25, 0.3) is 0 Å². The van der Waals surface area contributed by atoms with Crippen LogP contribution in [-0.2, 0) is 0 Å². The molecule has 0 unspecified atom stereocenters. The molecule has 0 bridgehead atoms. The van der Waals surface area contributed by atoms with Crippen molar-refractivity contribution < 1.29 is 4.92 Å². The highest BCUT2D eigenvalue weighted by Gasteiger charge is 2.20. The van der Waals surface area contributed by atoms with Gasteiger partial charge in [-0.3, -0.25) is 10.1 Å². The molecule has 1 rings (SSSR count). The van der Waals surface area contributed by atoms with Gasteiger partial charge in [-0.1, -0.05) is 0 Å². The second kappa shape index (κ2) is 6.24. The van der Waals surface area contributed by atoms with Gasteiger partial charge in [0.2, 0.25) is 11.8 Å². The van der Waals surface area contributed by atoms with E-state index in [0.29, 0.717) is 6.54 Å². The highest BCUT2D eigenvalue weighted by atomic mass is 32.2. The Balaban J connectivity index is 2.85. The van der Waals surface area contributed by atoms with Crippen molar-refractivity contribution in [2.24, 2.45) is 0 Å². The van der Waals surface area contributed by atoms with E-state index < -0.39 is 4.92 Å². The molecule has 1 heterocycles. The smallest absolute Gasteiger partial charge is 0.332 e. The first kappa shape index (κ1) is 13.5. The van der Waals surface area contributed by atoms with Crippen LogP contribution < -0.4 is 11.1 Å². The van der Waals surface area contributed by atoms with Gasteiger partial charge in [0.05, 0.1) is 4.92 Å². The van der Waals surface area contributed by atoms with Crippen molar-refractivity contribution in [3.05, 3.63) is 15.8 Å². The Morgan fingerprint density at radius 3 is 2.82 bits per heavy atom. The average molecular weight is 257 g/mol. The largest absolute Gasteiger partial charge is 0.368 e. The van der Waals surface area contributed by atoms with Gasteiger partial charge in [-0.15, -0.1) is 0 Å². The van der Waals surface area contributed by atoms with E-state index in [4.69, 9.17) is 5.73 Å². The van der Waals surface area contributed by atoms with Gasteiger partial charge in [0.1, 0.15) is 5.69 Å². The standard InChI is InChI=1S/C9H15N5O2S/c1-6-7(14(15)16)8(13-9(10)12-6)11-4-3-5-17-2/h3-5H2,1-2H3,(H3,10,11,12,13). The second-order valence-electron chi connectivity index (χ2n) is 3.39. The lowest BCUT2D eigenvalue weighted by Crippen LogP contribution is -2.11. The Labute approximate surface area is 103 Å². The molecule has 0 aliphatic carbocycles. The summed E-state index contributed by atoms with van der Waals surface area (Å²) >= 11 is 1.72. The minimum Gasteiger partial charge on any atom is -0.368 e. The number of nitrogens with zero attached hydrogens (tertiary/aromatic N) is 3. The number of anilines is 2. The van der Waals surface area contributed by atoms with Gasteiger partial charge < -0.3 is 11.1 Å². The molecular weight excluding hydrogens is 242 g/mol. The van der Waals surface area contributed by atoms with Crippen molar-refractivity contribution in [2.45, 2.75) is 13.3 Å². The zero-order valence-electron chi connectivity index (χ0n) is 9.77. The fourth-order valence-corrected chi connectivity index (χ4v) is 1.79. The Hall–Kier alpha value is -1.57. The van der Waals surface area contributed by atoms with Crippen molar-refractivity contribution in [1.29, 1.82) is 0 Å². The van der Waals surface area contributed by atoms with Crippen LogP contribution in [0.15, 0.2) is 0 Å². The SMILES string of the molecule is CSCCCNc1nc(N)nc(C)c1[N+](=O)[O-]. The summed E-state index contributed by atoms with van der Waals surface area (Å²) in [7, 11) is 0. The molecule has 1 aromatic rings. The van der Waals surface area contributed by atoms with E-state index in [1.807, 2.05) is 6.26 Å². The van der Waals surface area contributed by atoms with Crippen molar-refractivity contribution in [1.82, 2.24) is 9.97 Å². The number of hydrogen-bond donors (Lipinski definition) is 2. The lowest BCUT2D eigenvalue weighted by Gasteiger charge is -2.07. The van der Waals surface area contributed by atoms with Crippen LogP contribution in [0.5, 0.6) is 0 Å². The Bertz CT molecular complexity index is 413. The molecule has 3 N–H and O–H groups in total. The summed E-state index contributed by atoms with van der Waals surface area (Å²) in [6.45, 7) is 2.17. The van der Waals surface area contributed by atoms with Crippen molar-refractivity contribution in [2.75, 3.05) is 29.6 Å². The number of hydrogen-bond acceptors (Lipinski definition) is 7. The summed E-state index contributed by atoms with van der Waals surface area (Å²) in [6.07, 6.45) is 2.91. The molecule has 0 aliphatic rings. The Kier molecular flexibility index (Phi) is 4.95. The molecule has 0 spiro atoms. The lowest BCUT2D eigenvalue weighted by molar-refractivity contribution is -0.385. The molecule has 0 fully saturated rings. The average Bonchev–Trinajstić information content (AvgIpc) is 2.22. The first-order chi connectivity index (χ1) is 8.06. The molecule has 0 aliphatic heterocycles. The molecule has 0 amide bonds. The number of nitro groups is 1. The summed E-state index contributed by atoms with van der Waals surface area (Å²) in [5.74, 6) is 1.22. The van der Waals surface area contributed by atoms with E-state index >= 15 is 0 Å². The van der Waals surface area contributed by atoms with Crippen LogP contribution >= 0.6 is 11.8 Å². The number of rotatable bonds is 6. The predicted octanol–water partition coefficient (Wildman–Crippen LogP) is 1.44. The van der Waals surface area contributed by atoms with Crippen LogP contribution in [0.2, 0.25) is 0 Å². The quantitative estimate of drug-likeness (QED) is 0.451. The first-order valence-corrected chi connectivity index (χ1v) is 6.47. The summed E-state index contributed by atoms with van der Waals surface area (Å²) in [6, 6.07) is 0.